The molecule has 4 N–H and O–H groups in total. The minimum Gasteiger partial charge on any atom is -0.388 e. The molecule has 0 aromatic heterocycles. The van der Waals surface area contributed by atoms with Crippen LogP contribution in [0.4, 0.5) is 0 Å². The van der Waals surface area contributed by atoms with Gasteiger partial charge >= 0.3 is 0 Å². The highest BCUT2D eigenvalue weighted by molar-refractivity contribution is 6.06. The van der Waals surface area contributed by atoms with Gasteiger partial charge < -0.3 is 20.8 Å². The van der Waals surface area contributed by atoms with Gasteiger partial charge in [0, 0.05) is 0 Å². The van der Waals surface area contributed by atoms with E-state index in [0.29, 0.717) is 38.5 Å². The average molecular weight is 395 g/mol. The van der Waals surface area contributed by atoms with Gasteiger partial charge in [-0.1, -0.05) is 34.1 Å². The first kappa shape index (κ1) is 21.6. The zero-order valence-corrected chi connectivity index (χ0v) is 17.9. The topological polar surface area (TPSA) is 98.7 Å². The number of carbonyl (C=O) groups excluding carboxylic acids is 2. The molecule has 3 rings (SSSR count). The van der Waals surface area contributed by atoms with Gasteiger partial charge in [0.05, 0.1) is 23.3 Å². The van der Waals surface area contributed by atoms with Crippen LogP contribution in [0.3, 0.4) is 0 Å². The first-order valence-electron chi connectivity index (χ1n) is 11.1. The van der Waals surface area contributed by atoms with E-state index in [1.54, 1.807) is 0 Å². The van der Waals surface area contributed by atoms with Crippen molar-refractivity contribution in [1.82, 2.24) is 10.6 Å². The molecule has 0 radical (unpaired) electrons. The molecule has 6 heteroatoms. The van der Waals surface area contributed by atoms with Crippen molar-refractivity contribution in [3.05, 3.63) is 0 Å². The first-order chi connectivity index (χ1) is 13.0. The fourth-order valence-electron chi connectivity index (χ4n) is 5.19. The van der Waals surface area contributed by atoms with Gasteiger partial charge in [-0.3, -0.25) is 9.59 Å². The molecule has 0 saturated heterocycles. The van der Waals surface area contributed by atoms with Crippen LogP contribution in [0.2, 0.25) is 0 Å². The summed E-state index contributed by atoms with van der Waals surface area (Å²) in [5, 5.41) is 27.7. The predicted molar refractivity (Wildman–Crippen MR) is 107 cm³/mol. The summed E-state index contributed by atoms with van der Waals surface area (Å²) in [4.78, 5) is 26.5. The van der Waals surface area contributed by atoms with Crippen LogP contribution in [-0.4, -0.2) is 45.3 Å². The van der Waals surface area contributed by atoms with Gasteiger partial charge in [0.15, 0.2) is 0 Å². The molecule has 3 fully saturated rings. The second kappa shape index (κ2) is 7.60. The molecule has 160 valence electrons. The molecular formula is C22H38N2O4. The van der Waals surface area contributed by atoms with E-state index in [9.17, 15) is 19.8 Å². The Balaban J connectivity index is 1.72. The summed E-state index contributed by atoms with van der Waals surface area (Å²) in [5.74, 6) is -0.348. The SMILES string of the molecule is CC(C)[C@@H](NC(=O)C1(C(=O)N[C@H](C(C)C)C2(O)CCC2)CCC1)C1(O)CCC1. The van der Waals surface area contributed by atoms with Crippen LogP contribution in [0, 0.1) is 17.3 Å². The first-order valence-corrected chi connectivity index (χ1v) is 11.1. The number of aliphatic hydroxyl groups is 2. The van der Waals surface area contributed by atoms with E-state index in [4.69, 9.17) is 0 Å². The highest BCUT2D eigenvalue weighted by Crippen LogP contribution is 2.44. The maximum atomic E-state index is 13.2. The Morgan fingerprint density at radius 1 is 0.679 bits per heavy atom. The van der Waals surface area contributed by atoms with Crippen LogP contribution < -0.4 is 10.6 Å². The van der Waals surface area contributed by atoms with Crippen molar-refractivity contribution in [2.45, 2.75) is 109 Å². The maximum Gasteiger partial charge on any atom is 0.236 e. The molecule has 3 aliphatic carbocycles. The molecule has 3 aliphatic rings. The van der Waals surface area contributed by atoms with Gasteiger partial charge in [-0.05, 0) is 63.2 Å². The summed E-state index contributed by atoms with van der Waals surface area (Å²) >= 11 is 0. The minimum absolute atomic E-state index is 0.0912. The van der Waals surface area contributed by atoms with E-state index in [1.807, 2.05) is 27.7 Å². The largest absolute Gasteiger partial charge is 0.388 e. The molecule has 3 saturated carbocycles. The van der Waals surface area contributed by atoms with E-state index in [-0.39, 0.29) is 35.7 Å². The summed E-state index contributed by atoms with van der Waals surface area (Å²) in [7, 11) is 0. The van der Waals surface area contributed by atoms with Gasteiger partial charge in [0.25, 0.3) is 0 Å². The van der Waals surface area contributed by atoms with E-state index in [0.717, 1.165) is 19.3 Å². The lowest BCUT2D eigenvalue weighted by Gasteiger charge is -2.49. The highest BCUT2D eigenvalue weighted by Gasteiger charge is 2.55. The lowest BCUT2D eigenvalue weighted by molar-refractivity contribution is -0.157. The maximum absolute atomic E-state index is 13.2. The number of nitrogens with one attached hydrogen (secondary N) is 2. The lowest BCUT2D eigenvalue weighted by atomic mass is 9.65. The molecule has 0 aromatic carbocycles. The monoisotopic (exact) mass is 394 g/mol. The van der Waals surface area contributed by atoms with Crippen molar-refractivity contribution < 1.29 is 19.8 Å². The molecule has 28 heavy (non-hydrogen) atoms. The summed E-state index contributed by atoms with van der Waals surface area (Å²) < 4.78 is 0. The summed E-state index contributed by atoms with van der Waals surface area (Å²) in [6.45, 7) is 7.98. The zero-order valence-electron chi connectivity index (χ0n) is 17.9. The Labute approximate surface area is 168 Å². The van der Waals surface area contributed by atoms with E-state index < -0.39 is 16.6 Å². The van der Waals surface area contributed by atoms with Crippen molar-refractivity contribution in [1.29, 1.82) is 0 Å². The molecule has 0 bridgehead atoms. The second-order valence-electron chi connectivity index (χ2n) is 10.2. The number of rotatable bonds is 8. The van der Waals surface area contributed by atoms with Gasteiger partial charge in [0.1, 0.15) is 5.41 Å². The van der Waals surface area contributed by atoms with Gasteiger partial charge in [-0.15, -0.1) is 0 Å². The Bertz CT molecular complexity index is 556. The average Bonchev–Trinajstić information content (AvgIpc) is 2.51. The van der Waals surface area contributed by atoms with Crippen molar-refractivity contribution >= 4 is 11.8 Å². The molecule has 0 spiro atoms. The molecule has 0 aromatic rings. The van der Waals surface area contributed by atoms with Crippen LogP contribution in [0.5, 0.6) is 0 Å². The fraction of sp³-hybridized carbons (Fsp3) is 0.909. The third-order valence-electron chi connectivity index (χ3n) is 7.58. The molecule has 2 amide bonds. The quantitative estimate of drug-likeness (QED) is 0.475. The van der Waals surface area contributed by atoms with Gasteiger partial charge in [-0.2, -0.15) is 0 Å². The van der Waals surface area contributed by atoms with Crippen molar-refractivity contribution in [2.24, 2.45) is 17.3 Å². The summed E-state index contributed by atoms with van der Waals surface area (Å²) in [6, 6.07) is -0.675. The van der Waals surface area contributed by atoms with Crippen LogP contribution in [0.15, 0.2) is 0 Å². The minimum atomic E-state index is -1.07. The van der Waals surface area contributed by atoms with Crippen molar-refractivity contribution in [3.63, 3.8) is 0 Å². The Morgan fingerprint density at radius 3 is 1.18 bits per heavy atom. The fourth-order valence-corrected chi connectivity index (χ4v) is 5.19. The smallest absolute Gasteiger partial charge is 0.236 e. The number of amides is 2. The zero-order chi connectivity index (χ0) is 20.7. The van der Waals surface area contributed by atoms with Crippen LogP contribution in [0.1, 0.15) is 85.5 Å². The second-order valence-corrected chi connectivity index (χ2v) is 10.2. The normalized spacial score (nSPS) is 26.4. The Morgan fingerprint density at radius 2 is 1.00 bits per heavy atom. The third-order valence-corrected chi connectivity index (χ3v) is 7.58. The predicted octanol–water partition coefficient (Wildman–Crippen LogP) is 2.27. The summed E-state index contributed by atoms with van der Waals surface area (Å²) in [6.07, 6.45) is 6.60. The Kier molecular flexibility index (Phi) is 5.85. The van der Waals surface area contributed by atoms with Crippen LogP contribution in [-0.2, 0) is 9.59 Å². The van der Waals surface area contributed by atoms with E-state index in [1.165, 1.54) is 0 Å². The molecule has 0 unspecified atom stereocenters. The molecule has 0 aliphatic heterocycles. The molecular weight excluding hydrogens is 356 g/mol. The van der Waals surface area contributed by atoms with Crippen molar-refractivity contribution in [2.75, 3.05) is 0 Å². The molecule has 6 nitrogen and oxygen atoms in total. The number of carbonyl (C=O) groups is 2. The number of hydrogen-bond donors (Lipinski definition) is 4. The molecule has 2 atom stereocenters. The third kappa shape index (κ3) is 3.58. The molecule has 0 heterocycles. The van der Waals surface area contributed by atoms with E-state index >= 15 is 0 Å². The van der Waals surface area contributed by atoms with Gasteiger partial charge in [0.2, 0.25) is 11.8 Å². The van der Waals surface area contributed by atoms with Gasteiger partial charge in [-0.25, -0.2) is 0 Å². The number of hydrogen-bond acceptors (Lipinski definition) is 4. The standard InChI is InChI=1S/C22H38N2O4/c1-14(2)16(21(27)10-6-11-21)23-18(25)20(8-5-9-20)19(26)24-17(15(3)4)22(28)12-7-13-22/h14-17,27-28H,5-13H2,1-4H3,(H,23,25)(H,24,26)/t16-,17-/m1/s1. The Hall–Kier alpha value is -1.14. The highest BCUT2D eigenvalue weighted by atomic mass is 16.3. The van der Waals surface area contributed by atoms with Crippen LogP contribution >= 0.6 is 0 Å². The van der Waals surface area contributed by atoms with Crippen LogP contribution in [0.25, 0.3) is 0 Å². The van der Waals surface area contributed by atoms with Crippen molar-refractivity contribution in [3.8, 4) is 0 Å². The summed E-state index contributed by atoms with van der Waals surface area (Å²) in [5.41, 5.74) is -2.78. The lowest BCUT2D eigenvalue weighted by Crippen LogP contribution is -2.66. The van der Waals surface area contributed by atoms with E-state index in [2.05, 4.69) is 10.6 Å².